The van der Waals surface area contributed by atoms with Crippen LogP contribution in [0.4, 0.5) is 0 Å². The summed E-state index contributed by atoms with van der Waals surface area (Å²) in [6.45, 7) is 9.42. The number of aliphatic hydroxyl groups is 1. The summed E-state index contributed by atoms with van der Waals surface area (Å²) < 4.78 is 68.2. The van der Waals surface area contributed by atoms with Gasteiger partial charge in [-0.25, -0.2) is 9.13 Å². The number of phosphoric acid groups is 2. The van der Waals surface area contributed by atoms with Crippen molar-refractivity contribution in [3.63, 3.8) is 0 Å². The van der Waals surface area contributed by atoms with Gasteiger partial charge < -0.3 is 33.8 Å². The summed E-state index contributed by atoms with van der Waals surface area (Å²) in [5, 5.41) is 10.6. The molecule has 0 heterocycles. The fourth-order valence-corrected chi connectivity index (χ4v) is 11.6. The largest absolute Gasteiger partial charge is 0.472 e. The Kier molecular flexibility index (Phi) is 60.0. The van der Waals surface area contributed by atoms with Crippen molar-refractivity contribution in [2.45, 2.75) is 349 Å². The number of allylic oxidation sites excluding steroid dienone is 4. The van der Waals surface area contributed by atoms with Gasteiger partial charge in [-0.1, -0.05) is 278 Å². The van der Waals surface area contributed by atoms with E-state index in [1.807, 2.05) is 0 Å². The zero-order valence-electron chi connectivity index (χ0n) is 57.2. The average Bonchev–Trinajstić information content (AvgIpc) is 3.61. The monoisotopic (exact) mass is 1310 g/mol. The van der Waals surface area contributed by atoms with E-state index in [0.717, 1.165) is 115 Å². The standard InChI is InChI=1S/C70H132O17P2/c1-7-9-11-13-15-17-18-19-20-21-24-29-36-42-48-54-69(74)86-65(59-81-68(73)53-47-41-35-28-25-22-23-27-32-38-44-50-62(3)4)60-84-88(76,77)82-56-64(71)57-83-89(78,79)85-61-66(58-80-67(72)52-46-40-34-26-16-14-12-10-8-2)87-70(75)55-49-43-37-31-30-33-39-45-51-63(5)6/h17-20,62-66,71H,7-16,21-61H2,1-6H3,(H,76,77)(H,78,79)/b18-17-,20-19-/t64-,65-,66-/m1/s1. The van der Waals surface area contributed by atoms with Gasteiger partial charge in [-0.05, 0) is 63.2 Å². The van der Waals surface area contributed by atoms with Crippen molar-refractivity contribution in [3.8, 4) is 0 Å². The minimum Gasteiger partial charge on any atom is -0.462 e. The van der Waals surface area contributed by atoms with Crippen molar-refractivity contribution in [2.75, 3.05) is 39.6 Å². The highest BCUT2D eigenvalue weighted by molar-refractivity contribution is 7.47. The zero-order valence-corrected chi connectivity index (χ0v) is 59.0. The Morgan fingerprint density at radius 1 is 0.348 bits per heavy atom. The first-order valence-corrected chi connectivity index (χ1v) is 38.8. The summed E-state index contributed by atoms with van der Waals surface area (Å²) in [6, 6.07) is 0. The Morgan fingerprint density at radius 3 is 0.921 bits per heavy atom. The molecule has 0 aliphatic carbocycles. The molecule has 0 aliphatic heterocycles. The molecular weight excluding hydrogens is 1170 g/mol. The van der Waals surface area contributed by atoms with Gasteiger partial charge in [0.2, 0.25) is 0 Å². The van der Waals surface area contributed by atoms with Gasteiger partial charge in [-0.3, -0.25) is 37.3 Å². The normalized spacial score (nSPS) is 14.3. The molecule has 5 atom stereocenters. The summed E-state index contributed by atoms with van der Waals surface area (Å²) in [7, 11) is -9.91. The van der Waals surface area contributed by atoms with Crippen LogP contribution in [0.2, 0.25) is 0 Å². The van der Waals surface area contributed by atoms with Gasteiger partial charge in [-0.15, -0.1) is 0 Å². The Bertz CT molecular complexity index is 1830. The van der Waals surface area contributed by atoms with Crippen LogP contribution in [0, 0.1) is 11.8 Å². The predicted octanol–water partition coefficient (Wildman–Crippen LogP) is 19.5. The third-order valence-corrected chi connectivity index (χ3v) is 17.5. The quantitative estimate of drug-likeness (QED) is 0.0169. The third kappa shape index (κ3) is 64.1. The van der Waals surface area contributed by atoms with Crippen LogP contribution in [0.3, 0.4) is 0 Å². The lowest BCUT2D eigenvalue weighted by Gasteiger charge is -2.21. The van der Waals surface area contributed by atoms with Crippen molar-refractivity contribution in [1.29, 1.82) is 0 Å². The lowest BCUT2D eigenvalue weighted by atomic mass is 10.0. The number of phosphoric ester groups is 2. The number of rotatable bonds is 67. The summed E-state index contributed by atoms with van der Waals surface area (Å²) in [4.78, 5) is 72.5. The van der Waals surface area contributed by atoms with E-state index in [4.69, 9.17) is 37.0 Å². The van der Waals surface area contributed by atoms with E-state index in [9.17, 15) is 43.2 Å². The number of hydrogen-bond donors (Lipinski definition) is 3. The second-order valence-corrected chi connectivity index (χ2v) is 28.4. The number of ether oxygens (including phenoxy) is 4. The molecule has 0 radical (unpaired) electrons. The van der Waals surface area contributed by atoms with Crippen molar-refractivity contribution in [1.82, 2.24) is 0 Å². The minimum absolute atomic E-state index is 0.0847. The molecule has 0 saturated heterocycles. The highest BCUT2D eigenvalue weighted by atomic mass is 31.2. The molecule has 0 aromatic rings. The molecule has 0 spiro atoms. The first kappa shape index (κ1) is 86.5. The maximum Gasteiger partial charge on any atom is 0.472 e. The van der Waals surface area contributed by atoms with Gasteiger partial charge in [0.25, 0.3) is 0 Å². The molecule has 0 fully saturated rings. The molecule has 0 amide bonds. The molecule has 0 rings (SSSR count). The Hall–Kier alpha value is -2.46. The van der Waals surface area contributed by atoms with E-state index < -0.39 is 97.5 Å². The fourth-order valence-electron chi connectivity index (χ4n) is 10.1. The van der Waals surface area contributed by atoms with Crippen molar-refractivity contribution in [3.05, 3.63) is 24.3 Å². The second kappa shape index (κ2) is 61.7. The third-order valence-electron chi connectivity index (χ3n) is 15.6. The number of unbranched alkanes of at least 4 members (excludes halogenated alkanes) is 34. The van der Waals surface area contributed by atoms with Gasteiger partial charge in [0.05, 0.1) is 26.4 Å². The number of aliphatic hydroxyl groups excluding tert-OH is 1. The first-order valence-electron chi connectivity index (χ1n) is 35.8. The number of esters is 4. The van der Waals surface area contributed by atoms with E-state index in [2.05, 4.69) is 65.8 Å². The molecular formula is C70H132O17P2. The highest BCUT2D eigenvalue weighted by Gasteiger charge is 2.30. The summed E-state index contributed by atoms with van der Waals surface area (Å²) in [5.41, 5.74) is 0. The lowest BCUT2D eigenvalue weighted by molar-refractivity contribution is -0.161. The first-order chi connectivity index (χ1) is 42.9. The minimum atomic E-state index is -4.96. The molecule has 0 aromatic heterocycles. The van der Waals surface area contributed by atoms with Crippen LogP contribution < -0.4 is 0 Å². The SMILES string of the molecule is CCCCCC/C=C\C=C/CCCCCCCC(=O)O[C@H](COC(=O)CCCCCCCCCCCCCC(C)C)COP(=O)(O)OC[C@@H](O)COP(=O)(O)OC[C@@H](COC(=O)CCCCCCCCCCC)OC(=O)CCCCCCCCCCC(C)C. The van der Waals surface area contributed by atoms with Crippen LogP contribution in [-0.4, -0.2) is 96.7 Å². The summed E-state index contributed by atoms with van der Waals surface area (Å²) in [6.07, 6.45) is 49.4. The van der Waals surface area contributed by atoms with E-state index in [1.165, 1.54) is 135 Å². The molecule has 0 saturated carbocycles. The fraction of sp³-hybridized carbons (Fsp3) is 0.886. The molecule has 3 N–H and O–H groups in total. The summed E-state index contributed by atoms with van der Waals surface area (Å²) >= 11 is 0. The van der Waals surface area contributed by atoms with E-state index in [1.54, 1.807) is 0 Å². The van der Waals surface area contributed by atoms with Gasteiger partial charge in [0, 0.05) is 25.7 Å². The van der Waals surface area contributed by atoms with E-state index in [-0.39, 0.29) is 25.7 Å². The topological polar surface area (TPSA) is 237 Å². The molecule has 19 heteroatoms. The lowest BCUT2D eigenvalue weighted by Crippen LogP contribution is -2.30. The molecule has 524 valence electrons. The molecule has 17 nitrogen and oxygen atoms in total. The maximum absolute atomic E-state index is 13.0. The molecule has 0 aromatic carbocycles. The number of hydrogen-bond acceptors (Lipinski definition) is 15. The van der Waals surface area contributed by atoms with Gasteiger partial charge in [-0.2, -0.15) is 0 Å². The van der Waals surface area contributed by atoms with Crippen LogP contribution in [0.25, 0.3) is 0 Å². The average molecular weight is 1310 g/mol. The maximum atomic E-state index is 13.0. The van der Waals surface area contributed by atoms with Crippen molar-refractivity contribution in [2.24, 2.45) is 11.8 Å². The van der Waals surface area contributed by atoms with Crippen molar-refractivity contribution < 1.29 is 80.2 Å². The van der Waals surface area contributed by atoms with E-state index >= 15 is 0 Å². The van der Waals surface area contributed by atoms with Crippen LogP contribution in [0.1, 0.15) is 330 Å². The molecule has 2 unspecified atom stereocenters. The predicted molar refractivity (Wildman–Crippen MR) is 358 cm³/mol. The Balaban J connectivity index is 5.28. The zero-order chi connectivity index (χ0) is 65.7. The van der Waals surface area contributed by atoms with Crippen LogP contribution >= 0.6 is 15.6 Å². The highest BCUT2D eigenvalue weighted by Crippen LogP contribution is 2.45. The Labute approximate surface area is 542 Å². The second-order valence-electron chi connectivity index (χ2n) is 25.5. The van der Waals surface area contributed by atoms with Gasteiger partial charge >= 0.3 is 39.5 Å². The Morgan fingerprint density at radius 2 is 0.607 bits per heavy atom. The van der Waals surface area contributed by atoms with Gasteiger partial charge in [0.1, 0.15) is 19.3 Å². The number of carbonyl (C=O) groups excluding carboxylic acids is 4. The van der Waals surface area contributed by atoms with E-state index in [0.29, 0.717) is 25.7 Å². The smallest absolute Gasteiger partial charge is 0.462 e. The van der Waals surface area contributed by atoms with Crippen LogP contribution in [0.5, 0.6) is 0 Å². The summed E-state index contributed by atoms with van der Waals surface area (Å²) in [5.74, 6) is -0.672. The molecule has 89 heavy (non-hydrogen) atoms. The number of carbonyl (C=O) groups is 4. The molecule has 0 bridgehead atoms. The van der Waals surface area contributed by atoms with Crippen molar-refractivity contribution >= 4 is 39.5 Å². The van der Waals surface area contributed by atoms with Crippen LogP contribution in [-0.2, 0) is 65.4 Å². The van der Waals surface area contributed by atoms with Gasteiger partial charge in [0.15, 0.2) is 12.2 Å². The van der Waals surface area contributed by atoms with Crippen LogP contribution in [0.15, 0.2) is 24.3 Å². The molecule has 0 aliphatic rings.